The van der Waals surface area contributed by atoms with Crippen molar-refractivity contribution in [1.82, 2.24) is 4.98 Å². The molecule has 1 aromatic heterocycles. The topological polar surface area (TPSA) is 80.1 Å². The fraction of sp³-hybridized carbons (Fsp3) is 0.643. The van der Waals surface area contributed by atoms with Crippen molar-refractivity contribution in [1.29, 1.82) is 0 Å². The molecule has 0 atom stereocenters. The van der Waals surface area contributed by atoms with Gasteiger partial charge in [-0.15, -0.1) is 0 Å². The van der Waals surface area contributed by atoms with Crippen LogP contribution in [0.25, 0.3) is 0 Å². The number of aromatic nitrogens is 1. The van der Waals surface area contributed by atoms with Crippen LogP contribution in [-0.4, -0.2) is 22.0 Å². The molecule has 2 rings (SSSR count). The third-order valence-corrected chi connectivity index (χ3v) is 3.71. The summed E-state index contributed by atoms with van der Waals surface area (Å²) in [7, 11) is 0. The highest BCUT2D eigenvalue weighted by atomic mass is 16.6. The van der Waals surface area contributed by atoms with Gasteiger partial charge < -0.3 is 10.6 Å². The number of pyridine rings is 1. The first kappa shape index (κ1) is 14.6. The Labute approximate surface area is 119 Å². The smallest absolute Gasteiger partial charge is 0.276 e. The van der Waals surface area contributed by atoms with E-state index in [0.717, 1.165) is 25.8 Å². The van der Waals surface area contributed by atoms with Crippen molar-refractivity contribution in [2.75, 3.05) is 17.2 Å². The van der Waals surface area contributed by atoms with E-state index >= 15 is 0 Å². The van der Waals surface area contributed by atoms with Crippen LogP contribution in [0, 0.1) is 10.1 Å². The Morgan fingerprint density at radius 1 is 1.35 bits per heavy atom. The molecule has 6 heteroatoms. The molecule has 0 amide bonds. The fourth-order valence-corrected chi connectivity index (χ4v) is 2.62. The van der Waals surface area contributed by atoms with Crippen LogP contribution in [0.2, 0.25) is 0 Å². The molecule has 1 aliphatic carbocycles. The maximum absolute atomic E-state index is 11.0. The van der Waals surface area contributed by atoms with Crippen molar-refractivity contribution in [3.05, 3.63) is 22.2 Å². The lowest BCUT2D eigenvalue weighted by Gasteiger charge is -2.26. The van der Waals surface area contributed by atoms with E-state index < -0.39 is 0 Å². The number of hydrogen-bond donors (Lipinski definition) is 2. The molecule has 6 nitrogen and oxygen atoms in total. The lowest BCUT2D eigenvalue weighted by molar-refractivity contribution is -0.384. The molecule has 0 aliphatic heterocycles. The van der Waals surface area contributed by atoms with E-state index in [1.54, 1.807) is 0 Å². The zero-order valence-corrected chi connectivity index (χ0v) is 12.1. The Balaban J connectivity index is 2.21. The van der Waals surface area contributed by atoms with E-state index in [2.05, 4.69) is 22.5 Å². The Morgan fingerprint density at radius 3 is 2.60 bits per heavy atom. The van der Waals surface area contributed by atoms with Gasteiger partial charge in [0.15, 0.2) is 0 Å². The molecule has 1 fully saturated rings. The van der Waals surface area contributed by atoms with Gasteiger partial charge in [0.25, 0.3) is 5.69 Å². The van der Waals surface area contributed by atoms with Crippen LogP contribution in [0.4, 0.5) is 17.3 Å². The van der Waals surface area contributed by atoms with Crippen molar-refractivity contribution >= 4 is 17.3 Å². The van der Waals surface area contributed by atoms with E-state index in [9.17, 15) is 10.1 Å². The predicted octanol–water partition coefficient (Wildman–Crippen LogP) is 3.56. The second-order valence-electron chi connectivity index (χ2n) is 5.67. The third kappa shape index (κ3) is 3.59. The average Bonchev–Trinajstić information content (AvgIpc) is 2.82. The minimum atomic E-state index is -0.374. The molecule has 1 saturated carbocycles. The maximum Gasteiger partial charge on any atom is 0.276 e. The first-order valence-electron chi connectivity index (χ1n) is 7.21. The summed E-state index contributed by atoms with van der Waals surface area (Å²) in [6, 6.07) is 3.00. The van der Waals surface area contributed by atoms with Crippen LogP contribution >= 0.6 is 0 Å². The van der Waals surface area contributed by atoms with Crippen molar-refractivity contribution in [2.24, 2.45) is 0 Å². The molecule has 0 bridgehead atoms. The highest BCUT2D eigenvalue weighted by Crippen LogP contribution is 2.33. The number of nitrogens with zero attached hydrogens (tertiary/aromatic N) is 2. The standard InChI is InChI=1S/C14H22N4O2/c1-3-8-15-12-9-11(18(19)20)10-13(16-12)17-14(2)6-4-5-7-14/h9-10H,3-8H2,1-2H3,(H2,15,16,17). The van der Waals surface area contributed by atoms with Gasteiger partial charge in [-0.05, 0) is 26.2 Å². The summed E-state index contributed by atoms with van der Waals surface area (Å²) in [4.78, 5) is 15.1. The number of nitro groups is 1. The Kier molecular flexibility index (Phi) is 4.42. The van der Waals surface area contributed by atoms with Gasteiger partial charge in [0.2, 0.25) is 0 Å². The molecular weight excluding hydrogens is 256 g/mol. The number of hydrogen-bond acceptors (Lipinski definition) is 5. The molecule has 0 saturated heterocycles. The minimum Gasteiger partial charge on any atom is -0.370 e. The first-order chi connectivity index (χ1) is 9.52. The highest BCUT2D eigenvalue weighted by Gasteiger charge is 2.29. The maximum atomic E-state index is 11.0. The lowest BCUT2D eigenvalue weighted by Crippen LogP contribution is -2.31. The summed E-state index contributed by atoms with van der Waals surface area (Å²) >= 11 is 0. The van der Waals surface area contributed by atoms with Gasteiger partial charge in [0, 0.05) is 12.1 Å². The van der Waals surface area contributed by atoms with Crippen molar-refractivity contribution in [2.45, 2.75) is 51.5 Å². The summed E-state index contributed by atoms with van der Waals surface area (Å²) in [5, 5.41) is 17.5. The van der Waals surface area contributed by atoms with Gasteiger partial charge >= 0.3 is 0 Å². The first-order valence-corrected chi connectivity index (χ1v) is 7.21. The van der Waals surface area contributed by atoms with Gasteiger partial charge in [-0.1, -0.05) is 19.8 Å². The van der Waals surface area contributed by atoms with Crippen LogP contribution in [0.1, 0.15) is 46.0 Å². The van der Waals surface area contributed by atoms with Crippen LogP contribution < -0.4 is 10.6 Å². The zero-order valence-electron chi connectivity index (χ0n) is 12.1. The zero-order chi connectivity index (χ0) is 14.6. The quantitative estimate of drug-likeness (QED) is 0.614. The molecule has 0 aromatic carbocycles. The molecular formula is C14H22N4O2. The predicted molar refractivity (Wildman–Crippen MR) is 80.2 cm³/mol. The monoisotopic (exact) mass is 278 g/mol. The molecule has 0 spiro atoms. The normalized spacial score (nSPS) is 16.9. The van der Waals surface area contributed by atoms with Crippen molar-refractivity contribution < 1.29 is 4.92 Å². The van der Waals surface area contributed by atoms with E-state index in [0.29, 0.717) is 11.6 Å². The average molecular weight is 278 g/mol. The number of anilines is 2. The molecule has 1 aliphatic rings. The van der Waals surface area contributed by atoms with Gasteiger partial charge in [0.1, 0.15) is 11.6 Å². The van der Waals surface area contributed by atoms with Gasteiger partial charge in [0.05, 0.1) is 17.1 Å². The third-order valence-electron chi connectivity index (χ3n) is 3.71. The highest BCUT2D eigenvalue weighted by molar-refractivity contribution is 5.55. The van der Waals surface area contributed by atoms with Crippen LogP contribution in [0.15, 0.2) is 12.1 Å². The number of nitrogens with one attached hydrogen (secondary N) is 2. The van der Waals surface area contributed by atoms with Gasteiger partial charge in [-0.25, -0.2) is 4.98 Å². The second kappa shape index (κ2) is 6.07. The lowest BCUT2D eigenvalue weighted by atomic mass is 10.0. The Bertz CT molecular complexity index is 484. The molecule has 20 heavy (non-hydrogen) atoms. The van der Waals surface area contributed by atoms with E-state index in [1.807, 2.05) is 6.92 Å². The molecule has 1 aromatic rings. The minimum absolute atomic E-state index is 0.00421. The molecule has 2 N–H and O–H groups in total. The molecule has 1 heterocycles. The number of rotatable bonds is 6. The van der Waals surface area contributed by atoms with Gasteiger partial charge in [-0.3, -0.25) is 10.1 Å². The molecule has 110 valence electrons. The molecule has 0 radical (unpaired) electrons. The summed E-state index contributed by atoms with van der Waals surface area (Å²) in [5.74, 6) is 1.15. The Hall–Kier alpha value is -1.85. The summed E-state index contributed by atoms with van der Waals surface area (Å²) in [6.07, 6.45) is 5.49. The second-order valence-corrected chi connectivity index (χ2v) is 5.67. The van der Waals surface area contributed by atoms with Crippen LogP contribution in [0.3, 0.4) is 0 Å². The van der Waals surface area contributed by atoms with E-state index in [1.165, 1.54) is 25.0 Å². The van der Waals surface area contributed by atoms with Gasteiger partial charge in [-0.2, -0.15) is 0 Å². The van der Waals surface area contributed by atoms with E-state index in [4.69, 9.17) is 0 Å². The van der Waals surface area contributed by atoms with Crippen molar-refractivity contribution in [3.63, 3.8) is 0 Å². The largest absolute Gasteiger partial charge is 0.370 e. The molecule has 0 unspecified atom stereocenters. The van der Waals surface area contributed by atoms with Crippen LogP contribution in [-0.2, 0) is 0 Å². The Morgan fingerprint density at radius 2 is 2.00 bits per heavy atom. The SMILES string of the molecule is CCCNc1cc([N+](=O)[O-])cc(NC2(C)CCCC2)n1. The van der Waals surface area contributed by atoms with Crippen molar-refractivity contribution in [3.8, 4) is 0 Å². The summed E-state index contributed by atoms with van der Waals surface area (Å²) in [5.41, 5.74) is 0.0762. The van der Waals surface area contributed by atoms with E-state index in [-0.39, 0.29) is 16.1 Å². The summed E-state index contributed by atoms with van der Waals surface area (Å²) in [6.45, 7) is 4.95. The summed E-state index contributed by atoms with van der Waals surface area (Å²) < 4.78 is 0. The van der Waals surface area contributed by atoms with Crippen LogP contribution in [0.5, 0.6) is 0 Å². The fourth-order valence-electron chi connectivity index (χ4n) is 2.62.